The van der Waals surface area contributed by atoms with E-state index < -0.39 is 11.3 Å². The standard InChI is InChI=1S/C11H16N4O5/c1-2-3-4-12-11(16)13-8-5-9(14(17)18)7-10(6-8)15(19)20/h5-7,17-18H,2-4H2,1H3,(H2,12,13,16)/q-2. The minimum atomic E-state index is -0.701. The Morgan fingerprint density at radius 3 is 2.45 bits per heavy atom. The van der Waals surface area contributed by atoms with Gasteiger partial charge < -0.3 is 26.3 Å². The molecular formula is C11H16N4O5-2. The van der Waals surface area contributed by atoms with Crippen LogP contribution in [-0.2, 0) is 0 Å². The van der Waals surface area contributed by atoms with Crippen LogP contribution < -0.4 is 21.1 Å². The summed E-state index contributed by atoms with van der Waals surface area (Å²) in [5, 5.41) is 43.2. The Labute approximate surface area is 115 Å². The van der Waals surface area contributed by atoms with E-state index in [9.17, 15) is 15.2 Å². The molecule has 0 aliphatic carbocycles. The number of carbonyl (C=O) groups excluding carboxylic acids is 1. The van der Waals surface area contributed by atoms with E-state index in [0.29, 0.717) is 6.54 Å². The normalized spacial score (nSPS) is 10.1. The molecule has 0 saturated carbocycles. The molecule has 0 heterocycles. The molecule has 4 N–H and O–H groups in total. The highest BCUT2D eigenvalue weighted by molar-refractivity contribution is 5.90. The SMILES string of the molecule is CCCCNC(=O)Nc1cc(N([O-])[O-])cc(N(O)O)c1. The molecule has 0 saturated heterocycles. The van der Waals surface area contributed by atoms with E-state index in [4.69, 9.17) is 10.4 Å². The smallest absolute Gasteiger partial charge is 0.319 e. The van der Waals surface area contributed by atoms with Gasteiger partial charge in [-0.1, -0.05) is 13.3 Å². The van der Waals surface area contributed by atoms with Gasteiger partial charge in [-0.3, -0.25) is 10.4 Å². The number of rotatable bonds is 6. The summed E-state index contributed by atoms with van der Waals surface area (Å²) in [6, 6.07) is 2.74. The lowest BCUT2D eigenvalue weighted by atomic mass is 10.2. The van der Waals surface area contributed by atoms with Gasteiger partial charge in [0.2, 0.25) is 0 Å². The molecular weight excluding hydrogens is 268 g/mol. The first-order chi connectivity index (χ1) is 9.43. The highest BCUT2D eigenvalue weighted by Crippen LogP contribution is 2.26. The van der Waals surface area contributed by atoms with Crippen molar-refractivity contribution < 1.29 is 15.2 Å². The number of nitrogens with one attached hydrogen (secondary N) is 2. The van der Waals surface area contributed by atoms with Gasteiger partial charge in [0.1, 0.15) is 0 Å². The molecule has 0 fully saturated rings. The second-order valence-electron chi connectivity index (χ2n) is 4.02. The highest BCUT2D eigenvalue weighted by Gasteiger charge is 2.07. The van der Waals surface area contributed by atoms with Crippen LogP contribution in [0.1, 0.15) is 19.8 Å². The van der Waals surface area contributed by atoms with E-state index in [0.717, 1.165) is 25.0 Å². The van der Waals surface area contributed by atoms with Crippen molar-refractivity contribution in [1.82, 2.24) is 5.32 Å². The van der Waals surface area contributed by atoms with Crippen LogP contribution in [0, 0.1) is 10.4 Å². The van der Waals surface area contributed by atoms with E-state index in [2.05, 4.69) is 10.6 Å². The average molecular weight is 284 g/mol. The highest BCUT2D eigenvalue weighted by atomic mass is 16.8. The number of nitrogens with zero attached hydrogens (tertiary/aromatic N) is 2. The predicted molar refractivity (Wildman–Crippen MR) is 73.6 cm³/mol. The van der Waals surface area contributed by atoms with Gasteiger partial charge in [-0.2, -0.15) is 0 Å². The molecule has 1 aromatic carbocycles. The molecule has 0 unspecified atom stereocenters. The largest absolute Gasteiger partial charge is 0.769 e. The molecule has 0 bridgehead atoms. The van der Waals surface area contributed by atoms with Crippen molar-refractivity contribution >= 4 is 23.1 Å². The van der Waals surface area contributed by atoms with Crippen LogP contribution in [0.25, 0.3) is 0 Å². The Hall–Kier alpha value is -2.07. The van der Waals surface area contributed by atoms with Crippen LogP contribution in [0.4, 0.5) is 21.9 Å². The first-order valence-electron chi connectivity index (χ1n) is 5.96. The maximum absolute atomic E-state index is 11.5. The van der Waals surface area contributed by atoms with Crippen molar-refractivity contribution in [2.24, 2.45) is 0 Å². The summed E-state index contributed by atoms with van der Waals surface area (Å²) >= 11 is 0. The molecule has 0 aliphatic heterocycles. The number of benzene rings is 1. The van der Waals surface area contributed by atoms with Gasteiger partial charge in [0.25, 0.3) is 0 Å². The Kier molecular flexibility index (Phi) is 6.00. The molecule has 112 valence electrons. The maximum atomic E-state index is 11.5. The number of unbranched alkanes of at least 4 members (excludes halogenated alkanes) is 1. The Balaban J connectivity index is 2.80. The van der Waals surface area contributed by atoms with Crippen LogP contribution >= 0.6 is 0 Å². The van der Waals surface area contributed by atoms with Gasteiger partial charge in [0.05, 0.1) is 5.69 Å². The fraction of sp³-hybridized carbons (Fsp3) is 0.364. The number of amides is 2. The lowest BCUT2D eigenvalue weighted by Gasteiger charge is -2.38. The summed E-state index contributed by atoms with van der Waals surface area (Å²) in [4.78, 5) is 11.5. The summed E-state index contributed by atoms with van der Waals surface area (Å²) in [5.41, 5.74) is -0.529. The average Bonchev–Trinajstić information content (AvgIpc) is 2.38. The molecule has 0 spiro atoms. The van der Waals surface area contributed by atoms with Gasteiger partial charge >= 0.3 is 6.03 Å². The van der Waals surface area contributed by atoms with Crippen LogP contribution in [0.15, 0.2) is 18.2 Å². The van der Waals surface area contributed by atoms with E-state index in [1.165, 1.54) is 6.07 Å². The van der Waals surface area contributed by atoms with Crippen molar-refractivity contribution in [3.8, 4) is 0 Å². The topological polar surface area (TPSA) is 134 Å². The molecule has 0 aromatic heterocycles. The first-order valence-corrected chi connectivity index (χ1v) is 5.96. The molecule has 0 aliphatic rings. The molecule has 0 radical (unpaired) electrons. The van der Waals surface area contributed by atoms with Gasteiger partial charge in [-0.25, -0.2) is 4.79 Å². The van der Waals surface area contributed by atoms with Crippen LogP contribution in [0.3, 0.4) is 0 Å². The third kappa shape index (κ3) is 4.90. The maximum Gasteiger partial charge on any atom is 0.319 e. The number of carbonyl (C=O) groups is 1. The molecule has 9 heteroatoms. The van der Waals surface area contributed by atoms with Gasteiger partial charge in [0.15, 0.2) is 0 Å². The molecule has 9 nitrogen and oxygen atoms in total. The predicted octanol–water partition coefficient (Wildman–Crippen LogP) is 1.99. The van der Waals surface area contributed by atoms with Crippen LogP contribution in [0.2, 0.25) is 0 Å². The number of anilines is 3. The summed E-state index contributed by atoms with van der Waals surface area (Å²) in [6.45, 7) is 2.46. The van der Waals surface area contributed by atoms with Gasteiger partial charge in [-0.05, 0) is 24.6 Å². The zero-order valence-electron chi connectivity index (χ0n) is 10.9. The summed E-state index contributed by atoms with van der Waals surface area (Å²) < 4.78 is 0. The van der Waals surface area contributed by atoms with Gasteiger partial charge in [-0.15, -0.1) is 5.23 Å². The fourth-order valence-electron chi connectivity index (χ4n) is 1.44. The third-order valence-corrected chi connectivity index (χ3v) is 2.42. The number of hydrogen-bond acceptors (Lipinski definition) is 7. The molecule has 1 rings (SSSR count). The van der Waals surface area contributed by atoms with Crippen molar-refractivity contribution in [3.05, 3.63) is 28.6 Å². The van der Waals surface area contributed by atoms with Crippen molar-refractivity contribution in [2.45, 2.75) is 19.8 Å². The van der Waals surface area contributed by atoms with Crippen molar-refractivity contribution in [2.75, 3.05) is 22.3 Å². The second kappa shape index (κ2) is 7.50. The third-order valence-electron chi connectivity index (χ3n) is 2.42. The molecule has 0 atom stereocenters. The number of urea groups is 1. The van der Waals surface area contributed by atoms with Crippen LogP contribution in [-0.4, -0.2) is 23.0 Å². The number of hydrogen-bond donors (Lipinski definition) is 4. The Bertz CT molecular complexity index is 426. The summed E-state index contributed by atoms with van der Waals surface area (Å²) in [5.74, 6) is 0. The molecule has 2 amide bonds. The first kappa shape index (κ1) is 16.0. The second-order valence-corrected chi connectivity index (χ2v) is 4.02. The van der Waals surface area contributed by atoms with E-state index >= 15 is 0 Å². The summed E-state index contributed by atoms with van der Waals surface area (Å²) in [7, 11) is 0. The minimum Gasteiger partial charge on any atom is -0.769 e. The van der Waals surface area contributed by atoms with E-state index in [-0.39, 0.29) is 22.3 Å². The fourth-order valence-corrected chi connectivity index (χ4v) is 1.44. The quantitative estimate of drug-likeness (QED) is 0.463. The monoisotopic (exact) mass is 284 g/mol. The minimum absolute atomic E-state index is 0.0799. The Morgan fingerprint density at radius 2 is 1.90 bits per heavy atom. The van der Waals surface area contributed by atoms with Crippen molar-refractivity contribution in [3.63, 3.8) is 0 Å². The Morgan fingerprint density at radius 1 is 1.25 bits per heavy atom. The van der Waals surface area contributed by atoms with Crippen LogP contribution in [0.5, 0.6) is 0 Å². The lowest BCUT2D eigenvalue weighted by molar-refractivity contribution is 0.0292. The molecule has 1 aromatic rings. The van der Waals surface area contributed by atoms with E-state index in [1.54, 1.807) is 0 Å². The van der Waals surface area contributed by atoms with Gasteiger partial charge in [0, 0.05) is 17.9 Å². The zero-order chi connectivity index (χ0) is 15.1. The summed E-state index contributed by atoms with van der Waals surface area (Å²) in [6.07, 6.45) is 1.74. The zero-order valence-corrected chi connectivity index (χ0v) is 10.9. The lowest BCUT2D eigenvalue weighted by Crippen LogP contribution is -2.29. The van der Waals surface area contributed by atoms with E-state index in [1.807, 2.05) is 6.92 Å². The molecule has 20 heavy (non-hydrogen) atoms. The van der Waals surface area contributed by atoms with Crippen molar-refractivity contribution in [1.29, 1.82) is 0 Å².